The van der Waals surface area contributed by atoms with Crippen LogP contribution in [-0.4, -0.2) is 28.0 Å². The zero-order chi connectivity index (χ0) is 21.5. The van der Waals surface area contributed by atoms with E-state index in [0.29, 0.717) is 28.5 Å². The number of para-hydroxylation sites is 1. The minimum Gasteiger partial charge on any atom is -0.494 e. The molecule has 7 heteroatoms. The van der Waals surface area contributed by atoms with Gasteiger partial charge in [0.2, 0.25) is 0 Å². The molecular weight excluding hydrogens is 378 g/mol. The molecule has 3 aromatic rings. The van der Waals surface area contributed by atoms with Crippen LogP contribution in [0, 0.1) is 11.3 Å². The van der Waals surface area contributed by atoms with Crippen LogP contribution in [0.2, 0.25) is 0 Å². The van der Waals surface area contributed by atoms with Crippen LogP contribution in [0.1, 0.15) is 43.7 Å². The zero-order valence-corrected chi connectivity index (χ0v) is 17.4. The number of fused-ring (bicyclic) bond motifs is 1. The van der Waals surface area contributed by atoms with Crippen molar-refractivity contribution in [1.29, 1.82) is 5.41 Å². The number of hydrogen-bond acceptors (Lipinski definition) is 5. The van der Waals surface area contributed by atoms with Gasteiger partial charge in [-0.05, 0) is 55.9 Å². The van der Waals surface area contributed by atoms with Crippen LogP contribution in [0.3, 0.4) is 0 Å². The number of nitrogens with zero attached hydrogens (tertiary/aromatic N) is 2. The lowest BCUT2D eigenvalue weighted by Gasteiger charge is -2.35. The molecule has 0 amide bonds. The molecule has 0 unspecified atom stereocenters. The van der Waals surface area contributed by atoms with Crippen LogP contribution in [0.5, 0.6) is 5.75 Å². The van der Waals surface area contributed by atoms with Gasteiger partial charge in [0, 0.05) is 11.3 Å². The Morgan fingerprint density at radius 3 is 2.70 bits per heavy atom. The summed E-state index contributed by atoms with van der Waals surface area (Å²) in [7, 11) is 1.59. The lowest BCUT2D eigenvalue weighted by atomic mass is 9.70. The average molecular weight is 406 g/mol. The molecule has 5 N–H and O–H groups in total. The molecule has 1 heterocycles. The standard InChI is InChI=1S/C23H27N5O2/c1-23(2,29)16-7-4-6-13(12-16)14-10-15(11-14)20(24)27-21-17-8-5-9-18(30-3)19(17)26-22(25)28-21/h4-9,12,14-15,29H,10-11H2,1-3H3,(H4,24,25,26,27,28)/t14-,15+. The van der Waals surface area contributed by atoms with E-state index in [1.807, 2.05) is 30.3 Å². The molecule has 156 valence electrons. The van der Waals surface area contributed by atoms with Gasteiger partial charge in [-0.3, -0.25) is 5.41 Å². The van der Waals surface area contributed by atoms with E-state index in [9.17, 15) is 5.11 Å². The van der Waals surface area contributed by atoms with E-state index in [4.69, 9.17) is 15.9 Å². The predicted molar refractivity (Wildman–Crippen MR) is 117 cm³/mol. The summed E-state index contributed by atoms with van der Waals surface area (Å²) in [5, 5.41) is 19.5. The van der Waals surface area contributed by atoms with E-state index in [1.54, 1.807) is 21.0 Å². The number of ether oxygens (including phenoxy) is 1. The number of anilines is 1. The number of aromatic amines is 1. The number of nitrogen functional groups attached to an aromatic ring is 1. The largest absolute Gasteiger partial charge is 0.494 e. The molecule has 1 aliphatic carbocycles. The lowest BCUT2D eigenvalue weighted by Crippen LogP contribution is -2.30. The molecule has 0 atom stereocenters. The van der Waals surface area contributed by atoms with Crippen LogP contribution in [-0.2, 0) is 5.60 Å². The van der Waals surface area contributed by atoms with Crippen molar-refractivity contribution >= 4 is 22.7 Å². The van der Waals surface area contributed by atoms with Gasteiger partial charge in [0.05, 0.1) is 12.7 Å². The lowest BCUT2D eigenvalue weighted by molar-refractivity contribution is 0.0784. The van der Waals surface area contributed by atoms with Gasteiger partial charge in [-0.15, -0.1) is 0 Å². The van der Waals surface area contributed by atoms with Gasteiger partial charge < -0.3 is 20.6 Å². The first-order valence-corrected chi connectivity index (χ1v) is 10.0. The molecule has 0 radical (unpaired) electrons. The minimum atomic E-state index is -0.861. The molecule has 0 spiro atoms. The number of aromatic nitrogens is 2. The molecule has 4 rings (SSSR count). The molecule has 0 aliphatic heterocycles. The third kappa shape index (κ3) is 3.80. The Morgan fingerprint density at radius 1 is 1.27 bits per heavy atom. The molecule has 2 aromatic carbocycles. The van der Waals surface area contributed by atoms with Crippen LogP contribution in [0.15, 0.2) is 47.5 Å². The number of benzene rings is 2. The monoisotopic (exact) mass is 405 g/mol. The Balaban J connectivity index is 1.56. The van der Waals surface area contributed by atoms with Crippen LogP contribution < -0.4 is 16.0 Å². The van der Waals surface area contributed by atoms with Crippen molar-refractivity contribution < 1.29 is 9.84 Å². The zero-order valence-electron chi connectivity index (χ0n) is 17.4. The Bertz CT molecular complexity index is 1170. The van der Waals surface area contributed by atoms with E-state index in [-0.39, 0.29) is 11.9 Å². The van der Waals surface area contributed by atoms with Crippen molar-refractivity contribution in [2.75, 3.05) is 12.8 Å². The molecular formula is C23H27N5O2. The van der Waals surface area contributed by atoms with E-state index < -0.39 is 5.60 Å². The van der Waals surface area contributed by atoms with Gasteiger partial charge in [-0.25, -0.2) is 9.98 Å². The quantitative estimate of drug-likeness (QED) is 0.392. The Morgan fingerprint density at radius 2 is 2.00 bits per heavy atom. The second kappa shape index (κ2) is 7.57. The second-order valence-electron chi connectivity index (χ2n) is 8.37. The maximum absolute atomic E-state index is 10.3. The summed E-state index contributed by atoms with van der Waals surface area (Å²) in [6, 6.07) is 13.7. The highest BCUT2D eigenvalue weighted by Gasteiger charge is 2.34. The summed E-state index contributed by atoms with van der Waals surface area (Å²) >= 11 is 0. The minimum absolute atomic E-state index is 0.0873. The van der Waals surface area contributed by atoms with Gasteiger partial charge in [0.1, 0.15) is 22.6 Å². The van der Waals surface area contributed by atoms with Gasteiger partial charge in [-0.1, -0.05) is 30.3 Å². The van der Waals surface area contributed by atoms with Crippen LogP contribution in [0.25, 0.3) is 10.9 Å². The van der Waals surface area contributed by atoms with Gasteiger partial charge in [0.15, 0.2) is 5.95 Å². The Labute approximate surface area is 175 Å². The van der Waals surface area contributed by atoms with E-state index in [1.165, 1.54) is 5.56 Å². The average Bonchev–Trinajstić information content (AvgIpc) is 2.66. The van der Waals surface area contributed by atoms with Crippen molar-refractivity contribution in [2.45, 2.75) is 38.2 Å². The third-order valence-electron chi connectivity index (χ3n) is 5.77. The Hall–Kier alpha value is -3.19. The van der Waals surface area contributed by atoms with Gasteiger partial charge in [-0.2, -0.15) is 0 Å². The molecule has 1 aromatic heterocycles. The first kappa shape index (κ1) is 20.1. The highest BCUT2D eigenvalue weighted by molar-refractivity contribution is 5.87. The van der Waals surface area contributed by atoms with Crippen molar-refractivity contribution in [3.8, 4) is 5.75 Å². The van der Waals surface area contributed by atoms with Crippen molar-refractivity contribution in [1.82, 2.24) is 9.97 Å². The normalized spacial score (nSPS) is 19.5. The number of hydrogen-bond donors (Lipinski definition) is 4. The number of H-pyrrole nitrogens is 1. The number of aliphatic hydroxyl groups is 1. The summed E-state index contributed by atoms with van der Waals surface area (Å²) in [4.78, 5) is 11.8. The van der Waals surface area contributed by atoms with Crippen LogP contribution >= 0.6 is 0 Å². The van der Waals surface area contributed by atoms with Crippen molar-refractivity contribution in [3.63, 3.8) is 0 Å². The molecule has 30 heavy (non-hydrogen) atoms. The number of amidine groups is 1. The van der Waals surface area contributed by atoms with Crippen molar-refractivity contribution in [3.05, 3.63) is 59.1 Å². The summed E-state index contributed by atoms with van der Waals surface area (Å²) in [6.45, 7) is 3.58. The van der Waals surface area contributed by atoms with Gasteiger partial charge >= 0.3 is 0 Å². The summed E-state index contributed by atoms with van der Waals surface area (Å²) in [6.07, 6.45) is 1.72. The highest BCUT2D eigenvalue weighted by atomic mass is 16.5. The second-order valence-corrected chi connectivity index (χ2v) is 8.37. The highest BCUT2D eigenvalue weighted by Crippen LogP contribution is 2.43. The molecule has 7 nitrogen and oxygen atoms in total. The number of nitrogens with one attached hydrogen (secondary N) is 2. The van der Waals surface area contributed by atoms with E-state index in [2.05, 4.69) is 27.1 Å². The first-order valence-electron chi connectivity index (χ1n) is 10.0. The van der Waals surface area contributed by atoms with Crippen molar-refractivity contribution in [2.24, 2.45) is 10.9 Å². The first-order chi connectivity index (χ1) is 14.3. The fraction of sp³-hybridized carbons (Fsp3) is 0.348. The Kier molecular flexibility index (Phi) is 5.07. The van der Waals surface area contributed by atoms with Crippen LogP contribution in [0.4, 0.5) is 5.95 Å². The predicted octanol–water partition coefficient (Wildman–Crippen LogP) is 3.45. The summed E-state index contributed by atoms with van der Waals surface area (Å²) < 4.78 is 5.37. The molecule has 0 saturated heterocycles. The molecule has 0 bridgehead atoms. The third-order valence-corrected chi connectivity index (χ3v) is 5.77. The fourth-order valence-electron chi connectivity index (χ4n) is 3.92. The van der Waals surface area contributed by atoms with E-state index in [0.717, 1.165) is 23.8 Å². The molecule has 1 aliphatic rings. The number of rotatable bonds is 4. The van der Waals surface area contributed by atoms with E-state index >= 15 is 0 Å². The number of nitrogens with two attached hydrogens (primary N) is 1. The SMILES string of the molecule is COc1cccc2/c(=N/C(=N)[C@H]3C[C@@H](c4cccc(C(C)(C)O)c4)C3)[nH]c(N)nc12. The maximum Gasteiger partial charge on any atom is 0.199 e. The molecule has 1 saturated carbocycles. The fourth-order valence-corrected chi connectivity index (χ4v) is 3.92. The van der Waals surface area contributed by atoms with Gasteiger partial charge in [0.25, 0.3) is 0 Å². The topological polar surface area (TPSA) is 120 Å². The smallest absolute Gasteiger partial charge is 0.199 e. The summed E-state index contributed by atoms with van der Waals surface area (Å²) in [5.41, 5.74) is 8.32. The maximum atomic E-state index is 10.3. The number of methoxy groups -OCH3 is 1. The molecule has 1 fully saturated rings. The summed E-state index contributed by atoms with van der Waals surface area (Å²) in [5.74, 6) is 1.64.